The number of amides is 1. The van der Waals surface area contributed by atoms with Crippen molar-refractivity contribution in [2.75, 3.05) is 6.54 Å². The first-order valence-electron chi connectivity index (χ1n) is 11.3. The largest absolute Gasteiger partial charge is 0.490 e. The molecular formula is C24H20F6N4O4. The maximum absolute atomic E-state index is 13.4. The summed E-state index contributed by atoms with van der Waals surface area (Å²) in [6.45, 7) is 1.27. The number of halogens is 6. The van der Waals surface area contributed by atoms with E-state index in [4.69, 9.17) is 14.3 Å². The van der Waals surface area contributed by atoms with Gasteiger partial charge < -0.3 is 19.7 Å². The molecule has 8 nitrogen and oxygen atoms in total. The molecule has 0 saturated carbocycles. The molecule has 14 heteroatoms. The summed E-state index contributed by atoms with van der Waals surface area (Å²) in [7, 11) is 0. The van der Waals surface area contributed by atoms with Crippen LogP contribution in [0.25, 0.3) is 11.5 Å². The van der Waals surface area contributed by atoms with Crippen molar-refractivity contribution in [1.82, 2.24) is 20.4 Å². The number of carbonyl (C=O) groups excluding carboxylic acids is 1. The second-order valence-corrected chi connectivity index (χ2v) is 8.55. The molecule has 0 aliphatic carbocycles. The Kier molecular flexibility index (Phi) is 7.71. The Bertz CT molecular complexity index is 1310. The lowest BCUT2D eigenvalue weighted by atomic mass is 9.91. The molecule has 1 saturated heterocycles. The zero-order chi connectivity index (χ0) is 27.6. The molecule has 3 heterocycles. The van der Waals surface area contributed by atoms with Gasteiger partial charge >= 0.3 is 18.6 Å². The van der Waals surface area contributed by atoms with Gasteiger partial charge in [0.25, 0.3) is 11.8 Å². The minimum atomic E-state index is -5.08. The molecule has 2 N–H and O–H groups in total. The molecule has 0 spiro atoms. The van der Waals surface area contributed by atoms with E-state index in [1.165, 1.54) is 12.1 Å². The zero-order valence-electron chi connectivity index (χ0n) is 19.4. The van der Waals surface area contributed by atoms with E-state index < -0.39 is 24.5 Å². The Balaban J connectivity index is 0.000000426. The third kappa shape index (κ3) is 5.79. The number of alkyl halides is 5. The van der Waals surface area contributed by atoms with Crippen LogP contribution in [0.5, 0.6) is 0 Å². The van der Waals surface area contributed by atoms with Crippen molar-refractivity contribution in [2.45, 2.75) is 44.1 Å². The molecule has 1 aromatic heterocycles. The van der Waals surface area contributed by atoms with E-state index in [0.29, 0.717) is 17.7 Å². The molecule has 0 bridgehead atoms. The number of piperidine rings is 1. The zero-order valence-corrected chi connectivity index (χ0v) is 19.4. The summed E-state index contributed by atoms with van der Waals surface area (Å²) >= 11 is 0. The number of aliphatic carboxylic acids is 1. The number of fused-ring (bicyclic) bond motifs is 1. The number of hydrogen-bond donors (Lipinski definition) is 2. The number of carbonyl (C=O) groups is 2. The first-order chi connectivity index (χ1) is 18.0. The van der Waals surface area contributed by atoms with Gasteiger partial charge in [0.05, 0.1) is 12.1 Å². The minimum absolute atomic E-state index is 0.0483. The number of carboxylic acid groups (broad SMARTS) is 1. The predicted molar refractivity (Wildman–Crippen MR) is 118 cm³/mol. The predicted octanol–water partition coefficient (Wildman–Crippen LogP) is 4.90. The van der Waals surface area contributed by atoms with Crippen molar-refractivity contribution in [1.29, 1.82) is 0 Å². The summed E-state index contributed by atoms with van der Waals surface area (Å²) in [4.78, 5) is 24.0. The highest BCUT2D eigenvalue weighted by molar-refractivity contribution is 5.99. The molecule has 2 aliphatic heterocycles. The van der Waals surface area contributed by atoms with Crippen molar-refractivity contribution in [3.8, 4) is 11.5 Å². The molecule has 2 aliphatic rings. The van der Waals surface area contributed by atoms with Gasteiger partial charge in [0.15, 0.2) is 0 Å². The molecule has 2 atom stereocenters. The minimum Gasteiger partial charge on any atom is -0.475 e. The SMILES string of the molecule is O=C(O)C(F)(F)F.O=C1c2cc(-c3nnc(C(F)F)o3)ccc2CN1C1CCCNC1c1ccc(F)cc1. The van der Waals surface area contributed by atoms with E-state index in [1.807, 2.05) is 4.90 Å². The fourth-order valence-electron chi connectivity index (χ4n) is 4.38. The van der Waals surface area contributed by atoms with Crippen LogP contribution in [0.3, 0.4) is 0 Å². The number of benzene rings is 2. The van der Waals surface area contributed by atoms with Crippen LogP contribution in [-0.4, -0.2) is 50.8 Å². The maximum atomic E-state index is 13.4. The summed E-state index contributed by atoms with van der Waals surface area (Å²) in [6, 6.07) is 11.2. The Labute approximate surface area is 211 Å². The lowest BCUT2D eigenvalue weighted by Crippen LogP contribution is -2.48. The number of aromatic nitrogens is 2. The quantitative estimate of drug-likeness (QED) is 0.452. The summed E-state index contributed by atoms with van der Waals surface area (Å²) in [6.07, 6.45) is -6.19. The molecule has 1 amide bonds. The smallest absolute Gasteiger partial charge is 0.475 e. The average molecular weight is 542 g/mol. The van der Waals surface area contributed by atoms with E-state index in [2.05, 4.69) is 15.5 Å². The maximum Gasteiger partial charge on any atom is 0.490 e. The van der Waals surface area contributed by atoms with Gasteiger partial charge in [-0.1, -0.05) is 18.2 Å². The Morgan fingerprint density at radius 1 is 1.13 bits per heavy atom. The van der Waals surface area contributed by atoms with Crippen molar-refractivity contribution in [3.63, 3.8) is 0 Å². The number of carboxylic acids is 1. The van der Waals surface area contributed by atoms with Gasteiger partial charge in [0.1, 0.15) is 5.82 Å². The topological polar surface area (TPSA) is 109 Å². The fourth-order valence-corrected chi connectivity index (χ4v) is 4.38. The standard InChI is InChI=1S/C22H19F3N4O2.C2HF3O2/c23-15-7-5-12(6-8-15)18-17(2-1-9-26-18)29-11-14-4-3-13(10-16(14)22(29)30)20-27-28-21(31-20)19(24)25;3-2(4,5)1(6)7/h3-8,10,17-19,26H,1-2,9,11H2;(H,6,7). The van der Waals surface area contributed by atoms with Gasteiger partial charge in [-0.15, -0.1) is 10.2 Å². The first-order valence-corrected chi connectivity index (χ1v) is 11.3. The van der Waals surface area contributed by atoms with E-state index in [9.17, 15) is 31.1 Å². The van der Waals surface area contributed by atoms with Crippen LogP contribution in [0.2, 0.25) is 0 Å². The molecule has 0 radical (unpaired) electrons. The summed E-state index contributed by atoms with van der Waals surface area (Å²) in [5.74, 6) is -3.99. The molecular weight excluding hydrogens is 522 g/mol. The number of hydrogen-bond acceptors (Lipinski definition) is 6. The van der Waals surface area contributed by atoms with E-state index in [-0.39, 0.29) is 29.7 Å². The number of nitrogens with zero attached hydrogens (tertiary/aromatic N) is 3. The van der Waals surface area contributed by atoms with Crippen LogP contribution in [0.1, 0.15) is 52.7 Å². The third-order valence-corrected chi connectivity index (χ3v) is 6.11. The summed E-state index contributed by atoms with van der Waals surface area (Å²) in [5.41, 5.74) is 2.70. The van der Waals surface area contributed by atoms with Crippen LogP contribution in [0, 0.1) is 5.82 Å². The van der Waals surface area contributed by atoms with Gasteiger partial charge in [-0.2, -0.15) is 22.0 Å². The number of rotatable bonds is 4. The third-order valence-electron chi connectivity index (χ3n) is 6.11. The van der Waals surface area contributed by atoms with Crippen molar-refractivity contribution < 1.29 is 45.5 Å². The molecule has 38 heavy (non-hydrogen) atoms. The van der Waals surface area contributed by atoms with Gasteiger partial charge in [-0.3, -0.25) is 4.79 Å². The number of nitrogens with one attached hydrogen (secondary N) is 1. The lowest BCUT2D eigenvalue weighted by molar-refractivity contribution is -0.192. The van der Waals surface area contributed by atoms with Gasteiger partial charge in [-0.25, -0.2) is 9.18 Å². The highest BCUT2D eigenvalue weighted by atomic mass is 19.4. The second-order valence-electron chi connectivity index (χ2n) is 8.55. The second kappa shape index (κ2) is 10.8. The summed E-state index contributed by atoms with van der Waals surface area (Å²) < 4.78 is 75.6. The van der Waals surface area contributed by atoms with Gasteiger partial charge in [0, 0.05) is 17.7 Å². The van der Waals surface area contributed by atoms with Crippen LogP contribution in [0.4, 0.5) is 26.3 Å². The van der Waals surface area contributed by atoms with Crippen LogP contribution in [0.15, 0.2) is 46.9 Å². The molecule has 2 unspecified atom stereocenters. The molecule has 1 fully saturated rings. The molecule has 5 rings (SSSR count). The van der Waals surface area contributed by atoms with E-state index in [0.717, 1.165) is 30.5 Å². The monoisotopic (exact) mass is 542 g/mol. The Hall–Kier alpha value is -3.94. The first kappa shape index (κ1) is 27.1. The fraction of sp³-hybridized carbons (Fsp3) is 0.333. The van der Waals surface area contributed by atoms with E-state index in [1.54, 1.807) is 30.3 Å². The molecule has 3 aromatic rings. The van der Waals surface area contributed by atoms with Crippen LogP contribution < -0.4 is 5.32 Å². The van der Waals surface area contributed by atoms with Crippen molar-refractivity contribution >= 4 is 11.9 Å². The van der Waals surface area contributed by atoms with Crippen molar-refractivity contribution in [3.05, 3.63) is 70.9 Å². The Morgan fingerprint density at radius 2 is 1.82 bits per heavy atom. The molecule has 2 aromatic carbocycles. The van der Waals surface area contributed by atoms with E-state index >= 15 is 0 Å². The lowest BCUT2D eigenvalue weighted by Gasteiger charge is -2.39. The highest BCUT2D eigenvalue weighted by Crippen LogP contribution is 2.35. The Morgan fingerprint density at radius 3 is 2.42 bits per heavy atom. The highest BCUT2D eigenvalue weighted by Gasteiger charge is 2.39. The summed E-state index contributed by atoms with van der Waals surface area (Å²) in [5, 5.41) is 17.6. The van der Waals surface area contributed by atoms with Gasteiger partial charge in [-0.05, 0) is 54.8 Å². The van der Waals surface area contributed by atoms with Crippen LogP contribution in [-0.2, 0) is 11.3 Å². The average Bonchev–Trinajstić information content (AvgIpc) is 3.50. The molecule has 202 valence electrons. The normalized spacial score (nSPS) is 19.2. The van der Waals surface area contributed by atoms with Crippen molar-refractivity contribution in [2.24, 2.45) is 0 Å². The van der Waals surface area contributed by atoms with Crippen LogP contribution >= 0.6 is 0 Å². The van der Waals surface area contributed by atoms with Gasteiger partial charge in [0.2, 0.25) is 5.89 Å².